The van der Waals surface area contributed by atoms with Crippen LogP contribution in [0.3, 0.4) is 0 Å². The second-order valence-electron chi connectivity index (χ2n) is 13.7. The van der Waals surface area contributed by atoms with E-state index in [-0.39, 0.29) is 47.3 Å². The zero-order chi connectivity index (χ0) is 34.2. The molecule has 2 saturated carbocycles. The number of hydrogen-bond donors (Lipinski definition) is 2. The van der Waals surface area contributed by atoms with Gasteiger partial charge in [0.2, 0.25) is 17.5 Å². The predicted molar refractivity (Wildman–Crippen MR) is 168 cm³/mol. The number of nitrogens with zero attached hydrogens (tertiary/aromatic N) is 2. The number of carbonyl (C=O) groups is 4. The second-order valence-corrected chi connectivity index (χ2v) is 13.7. The van der Waals surface area contributed by atoms with Gasteiger partial charge in [0.1, 0.15) is 24.5 Å². The summed E-state index contributed by atoms with van der Waals surface area (Å²) in [7, 11) is 1.70. The quantitative estimate of drug-likeness (QED) is 0.337. The first-order valence-corrected chi connectivity index (χ1v) is 16.8. The normalized spacial score (nSPS) is 28.9. The van der Waals surface area contributed by atoms with E-state index in [2.05, 4.69) is 5.32 Å². The average Bonchev–Trinajstić information content (AvgIpc) is 3.79. The topological polar surface area (TPSA) is 142 Å². The summed E-state index contributed by atoms with van der Waals surface area (Å²) < 4.78 is 58.3. The summed E-state index contributed by atoms with van der Waals surface area (Å²) in [6.45, 7) is -2.88. The number of nitrogens with one attached hydrogen (secondary N) is 1. The third-order valence-corrected chi connectivity index (χ3v) is 11.1. The van der Waals surface area contributed by atoms with Crippen molar-refractivity contribution in [3.63, 3.8) is 0 Å². The summed E-state index contributed by atoms with van der Waals surface area (Å²) in [5, 5.41) is 3.50. The van der Waals surface area contributed by atoms with Gasteiger partial charge in [-0.3, -0.25) is 14.2 Å². The van der Waals surface area contributed by atoms with E-state index in [1.54, 1.807) is 30.2 Å². The first kappa shape index (κ1) is 34.1. The first-order valence-electron chi connectivity index (χ1n) is 16.8. The standard InChI is InChI=1S/C34H43F3N4O7/c1-46-24-9-6-19(7-10-24)25-12-13-40(31(43)21-4-2-20(3-5-21)28(16-35)47-33(38)45)29(25)30(42)39-23-8-11-26-22(14-23)15-27-32(44)48-34(17-36,18-37)41(26)27/h8,11,14-15,19-21,24-25,28-29H,2-7,9-10,12-13,16-18H2,1H3,(H2,38,45)(H,39,42)/t19?,20?,21?,24?,25-,28+,29-/m0/s1. The maximum atomic E-state index is 14.2. The molecule has 14 heteroatoms. The molecule has 0 unspecified atom stereocenters. The van der Waals surface area contributed by atoms with Gasteiger partial charge in [-0.05, 0) is 99.8 Å². The Kier molecular flexibility index (Phi) is 9.91. The number of carbonyl (C=O) groups excluding carboxylic acids is 4. The number of hydrogen-bond acceptors (Lipinski definition) is 7. The number of nitrogens with two attached hydrogens (primary N) is 1. The number of cyclic esters (lactones) is 1. The van der Waals surface area contributed by atoms with Gasteiger partial charge in [-0.1, -0.05) is 0 Å². The van der Waals surface area contributed by atoms with E-state index in [1.165, 1.54) is 10.6 Å². The molecule has 262 valence electrons. The molecule has 0 bridgehead atoms. The van der Waals surface area contributed by atoms with Crippen molar-refractivity contribution >= 4 is 40.5 Å². The number of likely N-dealkylation sites (tertiary alicyclic amines) is 1. The van der Waals surface area contributed by atoms with Crippen molar-refractivity contribution in [1.82, 2.24) is 9.47 Å². The fraction of sp³-hybridized carbons (Fsp3) is 0.647. The maximum Gasteiger partial charge on any atom is 0.404 e. The molecule has 0 radical (unpaired) electrons. The number of rotatable bonds is 10. The lowest BCUT2D eigenvalue weighted by Crippen LogP contribution is -2.50. The first-order chi connectivity index (χ1) is 23.1. The molecule has 2 aliphatic heterocycles. The number of anilines is 1. The van der Waals surface area contributed by atoms with Crippen LogP contribution >= 0.6 is 0 Å². The number of halogens is 3. The molecule has 0 spiro atoms. The minimum atomic E-state index is -2.06. The molecule has 3 N–H and O–H groups in total. The van der Waals surface area contributed by atoms with Crippen LogP contribution in [0.4, 0.5) is 23.7 Å². The number of methoxy groups -OCH3 is 1. The second kappa shape index (κ2) is 14.0. The van der Waals surface area contributed by atoms with E-state index in [0.29, 0.717) is 55.2 Å². The number of primary amides is 1. The molecule has 2 aliphatic carbocycles. The number of alkyl halides is 3. The highest BCUT2D eigenvalue weighted by atomic mass is 19.1. The molecule has 2 aromatic rings. The lowest BCUT2D eigenvalue weighted by molar-refractivity contribution is -0.142. The highest BCUT2D eigenvalue weighted by Gasteiger charge is 2.49. The summed E-state index contributed by atoms with van der Waals surface area (Å²) in [6, 6.07) is 5.60. The van der Waals surface area contributed by atoms with E-state index in [9.17, 15) is 32.3 Å². The molecule has 11 nitrogen and oxygen atoms in total. The highest BCUT2D eigenvalue weighted by molar-refractivity contribution is 6.02. The Balaban J connectivity index is 1.21. The van der Waals surface area contributed by atoms with Crippen LogP contribution in [0, 0.1) is 23.7 Å². The van der Waals surface area contributed by atoms with Crippen LogP contribution < -0.4 is 11.1 Å². The predicted octanol–water partition coefficient (Wildman–Crippen LogP) is 5.00. The summed E-state index contributed by atoms with van der Waals surface area (Å²) >= 11 is 0. The smallest absolute Gasteiger partial charge is 0.404 e. The van der Waals surface area contributed by atoms with Crippen LogP contribution in [-0.4, -0.2) is 85.3 Å². The largest absolute Gasteiger partial charge is 0.443 e. The Hall–Kier alpha value is -3.81. The maximum absolute atomic E-state index is 14.2. The van der Waals surface area contributed by atoms with Crippen LogP contribution in [-0.2, 0) is 29.5 Å². The van der Waals surface area contributed by atoms with Crippen LogP contribution in [0.15, 0.2) is 24.3 Å². The van der Waals surface area contributed by atoms with Crippen LogP contribution in [0.5, 0.6) is 0 Å². The Bertz CT molecular complexity index is 1530. The van der Waals surface area contributed by atoms with Crippen molar-refractivity contribution in [2.75, 3.05) is 39.0 Å². The number of esters is 1. The van der Waals surface area contributed by atoms with Crippen LogP contribution in [0.25, 0.3) is 10.9 Å². The van der Waals surface area contributed by atoms with Crippen molar-refractivity contribution in [2.24, 2.45) is 29.4 Å². The molecule has 3 atom stereocenters. The van der Waals surface area contributed by atoms with Gasteiger partial charge in [-0.15, -0.1) is 0 Å². The third kappa shape index (κ3) is 6.23. The molecule has 1 aromatic carbocycles. The van der Waals surface area contributed by atoms with E-state index in [0.717, 1.165) is 25.7 Å². The molecule has 6 rings (SSSR count). The zero-order valence-electron chi connectivity index (χ0n) is 27.0. The van der Waals surface area contributed by atoms with Crippen molar-refractivity contribution in [3.05, 3.63) is 30.0 Å². The van der Waals surface area contributed by atoms with Crippen molar-refractivity contribution in [2.45, 2.75) is 81.8 Å². The van der Waals surface area contributed by atoms with Crippen molar-refractivity contribution in [1.29, 1.82) is 0 Å². The molecule has 1 aromatic heterocycles. The highest BCUT2D eigenvalue weighted by Crippen LogP contribution is 2.43. The van der Waals surface area contributed by atoms with Gasteiger partial charge in [-0.2, -0.15) is 0 Å². The monoisotopic (exact) mass is 676 g/mol. The molecule has 3 heterocycles. The fourth-order valence-corrected chi connectivity index (χ4v) is 8.60. The van der Waals surface area contributed by atoms with Gasteiger partial charge in [0, 0.05) is 30.6 Å². The molecule has 1 saturated heterocycles. The summed E-state index contributed by atoms with van der Waals surface area (Å²) in [5.74, 6) is -1.68. The molecule has 4 aliphatic rings. The number of amides is 3. The number of benzene rings is 1. The summed E-state index contributed by atoms with van der Waals surface area (Å²) in [5.41, 5.74) is 3.89. The number of aromatic nitrogens is 1. The minimum Gasteiger partial charge on any atom is -0.443 e. The van der Waals surface area contributed by atoms with E-state index < -0.39 is 50.0 Å². The van der Waals surface area contributed by atoms with Crippen molar-refractivity contribution < 1.29 is 46.6 Å². The Morgan fingerprint density at radius 3 is 2.35 bits per heavy atom. The lowest BCUT2D eigenvalue weighted by Gasteiger charge is -2.37. The van der Waals surface area contributed by atoms with Crippen LogP contribution in [0.1, 0.15) is 68.3 Å². The lowest BCUT2D eigenvalue weighted by atomic mass is 9.75. The fourth-order valence-electron chi connectivity index (χ4n) is 8.60. The van der Waals surface area contributed by atoms with E-state index >= 15 is 0 Å². The summed E-state index contributed by atoms with van der Waals surface area (Å²) in [4.78, 5) is 53.6. The van der Waals surface area contributed by atoms with Gasteiger partial charge < -0.3 is 30.2 Å². The zero-order valence-corrected chi connectivity index (χ0v) is 27.0. The van der Waals surface area contributed by atoms with Gasteiger partial charge in [-0.25, -0.2) is 22.8 Å². The van der Waals surface area contributed by atoms with E-state index in [4.69, 9.17) is 19.9 Å². The van der Waals surface area contributed by atoms with Gasteiger partial charge in [0.15, 0.2) is 13.3 Å². The molecule has 48 heavy (non-hydrogen) atoms. The Labute approximate surface area is 276 Å². The number of ether oxygens (including phenoxy) is 3. The molecular weight excluding hydrogens is 633 g/mol. The average molecular weight is 677 g/mol. The van der Waals surface area contributed by atoms with Gasteiger partial charge in [0.25, 0.3) is 0 Å². The minimum absolute atomic E-state index is 0.0248. The molecule has 3 amide bonds. The third-order valence-electron chi connectivity index (χ3n) is 11.1. The molecular formula is C34H43F3N4O7. The Morgan fingerprint density at radius 1 is 1.02 bits per heavy atom. The Morgan fingerprint density at radius 2 is 1.73 bits per heavy atom. The van der Waals surface area contributed by atoms with Crippen molar-refractivity contribution in [3.8, 4) is 0 Å². The van der Waals surface area contributed by atoms with Crippen LogP contribution in [0.2, 0.25) is 0 Å². The number of fused-ring (bicyclic) bond motifs is 3. The van der Waals surface area contributed by atoms with E-state index in [1.807, 2.05) is 0 Å². The summed E-state index contributed by atoms with van der Waals surface area (Å²) in [6.07, 6.45) is 4.37. The SMILES string of the molecule is COC1CCC([C@@H]2CCN(C(=O)C3CCC([C@@H](CF)OC(N)=O)CC3)[C@@H]2C(=O)Nc2ccc3c(c2)cc2n3C(CF)(CF)OC2=O)CC1. The van der Waals surface area contributed by atoms with Gasteiger partial charge >= 0.3 is 12.1 Å². The molecule has 3 fully saturated rings. The van der Waals surface area contributed by atoms with Gasteiger partial charge in [0.05, 0.1) is 11.6 Å².